The van der Waals surface area contributed by atoms with E-state index in [2.05, 4.69) is 20.9 Å². The van der Waals surface area contributed by atoms with Crippen molar-refractivity contribution in [2.75, 3.05) is 7.11 Å². The average molecular weight is 348 g/mol. The number of aromatic nitrogens is 1. The van der Waals surface area contributed by atoms with Crippen LogP contribution in [0.4, 0.5) is 4.39 Å². The van der Waals surface area contributed by atoms with Crippen molar-refractivity contribution in [1.82, 2.24) is 4.98 Å². The third kappa shape index (κ3) is 2.83. The first-order valence-electron chi connectivity index (χ1n) is 6.23. The average Bonchev–Trinajstić information content (AvgIpc) is 2.50. The number of methoxy groups -OCH3 is 1. The van der Waals surface area contributed by atoms with Crippen LogP contribution in [-0.2, 0) is 0 Å². The predicted octanol–water partition coefficient (Wildman–Crippen LogP) is 4.94. The fourth-order valence-electron chi connectivity index (χ4n) is 1.98. The van der Waals surface area contributed by atoms with Crippen LogP contribution in [-0.4, -0.2) is 12.1 Å². The highest BCUT2D eigenvalue weighted by molar-refractivity contribution is 9.10. The molecule has 21 heavy (non-hydrogen) atoms. The van der Waals surface area contributed by atoms with Gasteiger partial charge in [0.15, 0.2) is 0 Å². The molecule has 0 amide bonds. The first-order chi connectivity index (χ1) is 10.2. The van der Waals surface area contributed by atoms with E-state index in [0.717, 1.165) is 16.7 Å². The van der Waals surface area contributed by atoms with Crippen molar-refractivity contribution in [3.05, 3.63) is 59.0 Å². The van der Waals surface area contributed by atoms with E-state index in [4.69, 9.17) is 9.47 Å². The Balaban J connectivity index is 2.02. The van der Waals surface area contributed by atoms with E-state index in [1.807, 2.05) is 18.2 Å². The van der Waals surface area contributed by atoms with E-state index in [1.54, 1.807) is 31.5 Å². The van der Waals surface area contributed by atoms with Crippen molar-refractivity contribution >= 4 is 26.8 Å². The molecular formula is C16H11BrFNO2. The van der Waals surface area contributed by atoms with E-state index in [1.165, 1.54) is 6.07 Å². The Morgan fingerprint density at radius 2 is 1.86 bits per heavy atom. The summed E-state index contributed by atoms with van der Waals surface area (Å²) in [4.78, 5) is 4.28. The Kier molecular flexibility index (Phi) is 3.75. The molecule has 0 radical (unpaired) electrons. The van der Waals surface area contributed by atoms with Gasteiger partial charge in [0.05, 0.1) is 17.1 Å². The first-order valence-corrected chi connectivity index (χ1v) is 7.02. The second-order valence-electron chi connectivity index (χ2n) is 4.37. The minimum Gasteiger partial charge on any atom is -0.497 e. The number of hydrogen-bond acceptors (Lipinski definition) is 3. The Labute approximate surface area is 129 Å². The lowest BCUT2D eigenvalue weighted by molar-refractivity contribution is 0.415. The maximum absolute atomic E-state index is 13.5. The van der Waals surface area contributed by atoms with Crippen molar-refractivity contribution in [2.24, 2.45) is 0 Å². The van der Waals surface area contributed by atoms with Crippen LogP contribution in [0.5, 0.6) is 17.2 Å². The van der Waals surface area contributed by atoms with Crippen molar-refractivity contribution in [3.8, 4) is 17.2 Å². The van der Waals surface area contributed by atoms with E-state index >= 15 is 0 Å². The number of rotatable bonds is 3. The molecule has 0 fully saturated rings. The molecule has 1 heterocycles. The Hall–Kier alpha value is -2.14. The molecule has 1 aromatic heterocycles. The number of benzene rings is 2. The molecule has 0 aliphatic heterocycles. The number of fused-ring (bicyclic) bond motifs is 1. The van der Waals surface area contributed by atoms with E-state index in [-0.39, 0.29) is 5.82 Å². The van der Waals surface area contributed by atoms with E-state index < -0.39 is 0 Å². The van der Waals surface area contributed by atoms with Crippen LogP contribution in [0.1, 0.15) is 0 Å². The summed E-state index contributed by atoms with van der Waals surface area (Å²) in [5, 5.41) is 0.835. The minimum atomic E-state index is -0.368. The molecule has 0 bridgehead atoms. The zero-order valence-electron chi connectivity index (χ0n) is 11.1. The van der Waals surface area contributed by atoms with Gasteiger partial charge in [-0.2, -0.15) is 0 Å². The van der Waals surface area contributed by atoms with Crippen LogP contribution in [0, 0.1) is 5.82 Å². The summed E-state index contributed by atoms with van der Waals surface area (Å²) < 4.78 is 24.9. The van der Waals surface area contributed by atoms with E-state index in [9.17, 15) is 4.39 Å². The number of hydrogen-bond donors (Lipinski definition) is 0. The summed E-state index contributed by atoms with van der Waals surface area (Å²) in [5.41, 5.74) is 0.754. The molecule has 106 valence electrons. The maximum atomic E-state index is 13.5. The largest absolute Gasteiger partial charge is 0.497 e. The normalized spacial score (nSPS) is 10.6. The smallest absolute Gasteiger partial charge is 0.141 e. The zero-order chi connectivity index (χ0) is 14.8. The Morgan fingerprint density at radius 3 is 2.62 bits per heavy atom. The first kappa shape index (κ1) is 13.8. The molecule has 3 rings (SSSR count). The van der Waals surface area contributed by atoms with Crippen molar-refractivity contribution in [3.63, 3.8) is 0 Å². The van der Waals surface area contributed by atoms with Crippen molar-refractivity contribution in [1.29, 1.82) is 0 Å². The highest BCUT2D eigenvalue weighted by Gasteiger charge is 2.07. The summed E-state index contributed by atoms with van der Waals surface area (Å²) in [5.74, 6) is 1.40. The molecule has 0 atom stereocenters. The van der Waals surface area contributed by atoms with Gasteiger partial charge in [-0.25, -0.2) is 4.39 Å². The second kappa shape index (κ2) is 5.69. The third-order valence-corrected chi connectivity index (χ3v) is 3.67. The van der Waals surface area contributed by atoms with Gasteiger partial charge in [-0.05, 0) is 46.3 Å². The van der Waals surface area contributed by atoms with E-state index in [0.29, 0.717) is 16.0 Å². The fraction of sp³-hybridized carbons (Fsp3) is 0.0625. The standard InChI is InChI=1S/C16H11BrFNO2/c1-20-10-2-4-12-15(9-10)19-7-6-16(12)21-11-3-5-13(17)14(18)8-11/h2-9H,1H3. The van der Waals surface area contributed by atoms with Crippen LogP contribution < -0.4 is 9.47 Å². The molecule has 0 N–H and O–H groups in total. The molecule has 3 nitrogen and oxygen atoms in total. The summed E-state index contributed by atoms with van der Waals surface area (Å²) in [6.07, 6.45) is 1.65. The Bertz CT molecular complexity index is 807. The number of nitrogens with zero attached hydrogens (tertiary/aromatic N) is 1. The van der Waals surface area contributed by atoms with Gasteiger partial charge in [0, 0.05) is 23.7 Å². The van der Waals surface area contributed by atoms with Crippen molar-refractivity contribution in [2.45, 2.75) is 0 Å². The van der Waals surface area contributed by atoms with Gasteiger partial charge < -0.3 is 9.47 Å². The summed E-state index contributed by atoms with van der Waals surface area (Å²) in [7, 11) is 1.60. The molecule has 0 aliphatic carbocycles. The zero-order valence-corrected chi connectivity index (χ0v) is 12.7. The van der Waals surface area contributed by atoms with Gasteiger partial charge in [-0.3, -0.25) is 4.98 Å². The van der Waals surface area contributed by atoms with Gasteiger partial charge in [0.1, 0.15) is 23.1 Å². The van der Waals surface area contributed by atoms with Crippen LogP contribution in [0.3, 0.4) is 0 Å². The molecule has 0 saturated carbocycles. The lowest BCUT2D eigenvalue weighted by atomic mass is 10.2. The molecule has 0 unspecified atom stereocenters. The van der Waals surface area contributed by atoms with Crippen LogP contribution in [0.25, 0.3) is 10.9 Å². The topological polar surface area (TPSA) is 31.4 Å². The van der Waals surface area contributed by atoms with Gasteiger partial charge in [0.25, 0.3) is 0 Å². The lowest BCUT2D eigenvalue weighted by Crippen LogP contribution is -1.90. The third-order valence-electron chi connectivity index (χ3n) is 3.03. The van der Waals surface area contributed by atoms with Gasteiger partial charge in [-0.15, -0.1) is 0 Å². The highest BCUT2D eigenvalue weighted by Crippen LogP contribution is 2.31. The number of ether oxygens (including phenoxy) is 2. The van der Waals surface area contributed by atoms with Gasteiger partial charge in [0.2, 0.25) is 0 Å². The molecule has 0 saturated heterocycles. The Morgan fingerprint density at radius 1 is 1.05 bits per heavy atom. The van der Waals surface area contributed by atoms with Crippen LogP contribution in [0.15, 0.2) is 53.1 Å². The van der Waals surface area contributed by atoms with Gasteiger partial charge >= 0.3 is 0 Å². The van der Waals surface area contributed by atoms with Gasteiger partial charge in [-0.1, -0.05) is 0 Å². The summed E-state index contributed by atoms with van der Waals surface area (Å²) in [6.45, 7) is 0. The maximum Gasteiger partial charge on any atom is 0.141 e. The second-order valence-corrected chi connectivity index (χ2v) is 5.22. The van der Waals surface area contributed by atoms with Crippen LogP contribution in [0.2, 0.25) is 0 Å². The molecular weight excluding hydrogens is 337 g/mol. The monoisotopic (exact) mass is 347 g/mol. The van der Waals surface area contributed by atoms with Crippen LogP contribution >= 0.6 is 15.9 Å². The summed E-state index contributed by atoms with van der Waals surface area (Å²) >= 11 is 3.12. The lowest BCUT2D eigenvalue weighted by Gasteiger charge is -2.09. The SMILES string of the molecule is COc1ccc2c(Oc3ccc(Br)c(F)c3)ccnc2c1. The molecule has 3 aromatic rings. The minimum absolute atomic E-state index is 0.368. The number of halogens is 2. The molecule has 0 spiro atoms. The summed E-state index contributed by atoms with van der Waals surface area (Å²) in [6, 6.07) is 11.9. The molecule has 2 aromatic carbocycles. The predicted molar refractivity (Wildman–Crippen MR) is 82.5 cm³/mol. The highest BCUT2D eigenvalue weighted by atomic mass is 79.9. The molecule has 5 heteroatoms. The quantitative estimate of drug-likeness (QED) is 0.672. The van der Waals surface area contributed by atoms with Crippen molar-refractivity contribution < 1.29 is 13.9 Å². The number of pyridine rings is 1. The fourth-order valence-corrected chi connectivity index (χ4v) is 2.23. The molecule has 0 aliphatic rings.